The number of carbonyl (C=O) groups excluding carboxylic acids is 2. The van der Waals surface area contributed by atoms with Crippen molar-refractivity contribution < 1.29 is 19.2 Å². The van der Waals surface area contributed by atoms with Crippen LogP contribution in [-0.2, 0) is 4.79 Å². The molecule has 0 aliphatic carbocycles. The SMILES string of the molecule is CN1C(=O)[C@@H](c2ccc(ONC(=O)N3CCCC3)cc2)COc2ccccc21. The number of urea groups is 1. The molecule has 7 heteroatoms. The predicted molar refractivity (Wildman–Crippen MR) is 104 cm³/mol. The summed E-state index contributed by atoms with van der Waals surface area (Å²) in [5, 5.41) is 0. The summed E-state index contributed by atoms with van der Waals surface area (Å²) >= 11 is 0. The van der Waals surface area contributed by atoms with E-state index in [1.807, 2.05) is 36.4 Å². The number of hydrogen-bond acceptors (Lipinski definition) is 4. The van der Waals surface area contributed by atoms with E-state index in [0.717, 1.165) is 37.2 Å². The number of nitrogens with zero attached hydrogens (tertiary/aromatic N) is 2. The summed E-state index contributed by atoms with van der Waals surface area (Å²) in [6.07, 6.45) is 2.05. The summed E-state index contributed by atoms with van der Waals surface area (Å²) in [7, 11) is 1.76. The molecule has 1 N–H and O–H groups in total. The number of amides is 3. The molecule has 2 aliphatic rings. The smallest absolute Gasteiger partial charge is 0.350 e. The van der Waals surface area contributed by atoms with E-state index in [1.165, 1.54) is 0 Å². The second-order valence-corrected chi connectivity index (χ2v) is 7.00. The second-order valence-electron chi connectivity index (χ2n) is 7.00. The summed E-state index contributed by atoms with van der Waals surface area (Å²) in [4.78, 5) is 33.6. The molecule has 2 heterocycles. The van der Waals surface area contributed by atoms with Gasteiger partial charge < -0.3 is 19.4 Å². The number of hydroxylamine groups is 1. The normalized spacial score (nSPS) is 18.9. The van der Waals surface area contributed by atoms with E-state index in [9.17, 15) is 9.59 Å². The van der Waals surface area contributed by atoms with Crippen molar-refractivity contribution in [2.24, 2.45) is 0 Å². The Labute approximate surface area is 163 Å². The standard InChI is InChI=1S/C21H23N3O4/c1-23-18-6-2-3-7-19(18)27-14-17(20(23)25)15-8-10-16(11-9-15)28-22-21(26)24-12-4-5-13-24/h2-3,6-11,17H,4-5,12-14H2,1H3,(H,22,26)/t17-/m1/s1. The Balaban J connectivity index is 1.42. The summed E-state index contributed by atoms with van der Waals surface area (Å²) in [5.74, 6) is 0.770. The molecule has 1 saturated heterocycles. The number of benzene rings is 2. The highest BCUT2D eigenvalue weighted by Gasteiger charge is 2.30. The van der Waals surface area contributed by atoms with Crippen LogP contribution >= 0.6 is 0 Å². The molecule has 4 rings (SSSR count). The van der Waals surface area contributed by atoms with Crippen LogP contribution in [0.2, 0.25) is 0 Å². The van der Waals surface area contributed by atoms with Crippen LogP contribution in [0, 0.1) is 0 Å². The lowest BCUT2D eigenvalue weighted by Gasteiger charge is -2.20. The zero-order valence-corrected chi connectivity index (χ0v) is 15.8. The molecule has 0 spiro atoms. The van der Waals surface area contributed by atoms with Crippen molar-refractivity contribution in [3.05, 3.63) is 54.1 Å². The molecule has 2 aromatic carbocycles. The molecular weight excluding hydrogens is 358 g/mol. The van der Waals surface area contributed by atoms with Crippen molar-refractivity contribution >= 4 is 17.6 Å². The summed E-state index contributed by atoms with van der Waals surface area (Å²) in [5.41, 5.74) is 4.06. The largest absolute Gasteiger partial charge is 0.490 e. The number of rotatable bonds is 3. The zero-order chi connectivity index (χ0) is 19.5. The maximum absolute atomic E-state index is 12.9. The van der Waals surface area contributed by atoms with Crippen LogP contribution in [0.5, 0.6) is 11.5 Å². The fourth-order valence-corrected chi connectivity index (χ4v) is 3.55. The minimum atomic E-state index is -0.411. The van der Waals surface area contributed by atoms with Gasteiger partial charge >= 0.3 is 6.03 Å². The van der Waals surface area contributed by atoms with Gasteiger partial charge in [0.25, 0.3) is 0 Å². The maximum atomic E-state index is 12.9. The predicted octanol–water partition coefficient (Wildman–Crippen LogP) is 2.92. The number of carbonyl (C=O) groups is 2. The first-order valence-electron chi connectivity index (χ1n) is 9.44. The molecule has 1 fully saturated rings. The van der Waals surface area contributed by atoms with E-state index >= 15 is 0 Å². The number of likely N-dealkylation sites (tertiary alicyclic amines) is 1. The van der Waals surface area contributed by atoms with Crippen molar-refractivity contribution in [3.8, 4) is 11.5 Å². The van der Waals surface area contributed by atoms with Gasteiger partial charge in [-0.15, -0.1) is 0 Å². The van der Waals surface area contributed by atoms with Crippen LogP contribution in [0.15, 0.2) is 48.5 Å². The Bertz CT molecular complexity index is 862. The van der Waals surface area contributed by atoms with Crippen molar-refractivity contribution in [3.63, 3.8) is 0 Å². The Hall–Kier alpha value is -3.22. The van der Waals surface area contributed by atoms with Crippen LogP contribution in [0.1, 0.15) is 24.3 Å². The lowest BCUT2D eigenvalue weighted by molar-refractivity contribution is -0.120. The molecule has 28 heavy (non-hydrogen) atoms. The molecule has 3 amide bonds. The molecular formula is C21H23N3O4. The van der Waals surface area contributed by atoms with Gasteiger partial charge in [-0.3, -0.25) is 4.79 Å². The minimum absolute atomic E-state index is 0.0269. The minimum Gasteiger partial charge on any atom is -0.490 e. The van der Waals surface area contributed by atoms with Crippen LogP contribution in [0.4, 0.5) is 10.5 Å². The first-order chi connectivity index (χ1) is 13.6. The lowest BCUT2D eigenvalue weighted by Crippen LogP contribution is -2.39. The van der Waals surface area contributed by atoms with Gasteiger partial charge in [0, 0.05) is 20.1 Å². The van der Waals surface area contributed by atoms with Gasteiger partial charge in [-0.1, -0.05) is 24.3 Å². The maximum Gasteiger partial charge on any atom is 0.350 e. The van der Waals surface area contributed by atoms with Crippen LogP contribution in [-0.4, -0.2) is 43.6 Å². The Morgan fingerprint density at radius 1 is 1.11 bits per heavy atom. The van der Waals surface area contributed by atoms with Crippen molar-refractivity contribution in [2.75, 3.05) is 31.6 Å². The van der Waals surface area contributed by atoms with Gasteiger partial charge in [0.05, 0.1) is 11.6 Å². The van der Waals surface area contributed by atoms with Crippen LogP contribution < -0.4 is 20.0 Å². The van der Waals surface area contributed by atoms with Crippen molar-refractivity contribution in [1.82, 2.24) is 10.4 Å². The number of para-hydroxylation sites is 2. The third kappa shape index (κ3) is 3.60. The van der Waals surface area contributed by atoms with E-state index < -0.39 is 5.92 Å². The molecule has 0 unspecified atom stereocenters. The molecule has 0 aromatic heterocycles. The highest BCUT2D eigenvalue weighted by molar-refractivity contribution is 5.99. The van der Waals surface area contributed by atoms with Gasteiger partial charge in [0.1, 0.15) is 12.4 Å². The summed E-state index contributed by atoms with van der Waals surface area (Å²) < 4.78 is 5.87. The fourth-order valence-electron chi connectivity index (χ4n) is 3.55. The molecule has 0 radical (unpaired) electrons. The van der Waals surface area contributed by atoms with E-state index in [2.05, 4.69) is 5.48 Å². The van der Waals surface area contributed by atoms with Crippen molar-refractivity contribution in [2.45, 2.75) is 18.8 Å². The fraction of sp³-hybridized carbons (Fsp3) is 0.333. The monoisotopic (exact) mass is 381 g/mol. The van der Waals surface area contributed by atoms with Gasteiger partial charge in [-0.2, -0.15) is 5.48 Å². The van der Waals surface area contributed by atoms with Gasteiger partial charge in [-0.25, -0.2) is 4.79 Å². The second kappa shape index (κ2) is 7.80. The van der Waals surface area contributed by atoms with E-state index in [1.54, 1.807) is 29.0 Å². The molecule has 7 nitrogen and oxygen atoms in total. The van der Waals surface area contributed by atoms with Gasteiger partial charge in [-0.05, 0) is 42.7 Å². The third-order valence-corrected chi connectivity index (χ3v) is 5.19. The van der Waals surface area contributed by atoms with E-state index in [4.69, 9.17) is 9.57 Å². The summed E-state index contributed by atoms with van der Waals surface area (Å²) in [6.45, 7) is 1.79. The van der Waals surface area contributed by atoms with Crippen LogP contribution in [0.3, 0.4) is 0 Å². The van der Waals surface area contributed by atoms with E-state index in [-0.39, 0.29) is 18.5 Å². The van der Waals surface area contributed by atoms with Crippen LogP contribution in [0.25, 0.3) is 0 Å². The number of ether oxygens (including phenoxy) is 1. The molecule has 2 aliphatic heterocycles. The zero-order valence-electron chi connectivity index (χ0n) is 15.8. The third-order valence-electron chi connectivity index (χ3n) is 5.19. The first kappa shape index (κ1) is 18.2. The molecule has 2 aromatic rings. The quantitative estimate of drug-likeness (QED) is 0.830. The van der Waals surface area contributed by atoms with Gasteiger partial charge in [0.2, 0.25) is 5.91 Å². The average molecular weight is 381 g/mol. The average Bonchev–Trinajstić information content (AvgIpc) is 3.24. The first-order valence-corrected chi connectivity index (χ1v) is 9.44. The van der Waals surface area contributed by atoms with Crippen molar-refractivity contribution in [1.29, 1.82) is 0 Å². The number of fused-ring (bicyclic) bond motifs is 1. The number of nitrogens with one attached hydrogen (secondary N) is 1. The lowest BCUT2D eigenvalue weighted by atomic mass is 9.98. The number of hydrogen-bond donors (Lipinski definition) is 1. The number of anilines is 1. The van der Waals surface area contributed by atoms with E-state index in [0.29, 0.717) is 11.5 Å². The molecule has 146 valence electrons. The molecule has 0 saturated carbocycles. The Morgan fingerprint density at radius 3 is 2.57 bits per heavy atom. The topological polar surface area (TPSA) is 71.1 Å². The Morgan fingerprint density at radius 2 is 1.82 bits per heavy atom. The molecule has 1 atom stereocenters. The number of likely N-dealkylation sites (N-methyl/N-ethyl adjacent to an activating group) is 1. The Kier molecular flexibility index (Phi) is 5.06. The highest BCUT2D eigenvalue weighted by atomic mass is 16.7. The van der Waals surface area contributed by atoms with Gasteiger partial charge in [0.15, 0.2) is 5.75 Å². The highest BCUT2D eigenvalue weighted by Crippen LogP contribution is 2.34. The summed E-state index contributed by atoms with van der Waals surface area (Å²) in [6, 6.07) is 14.4. The molecule has 0 bridgehead atoms.